The van der Waals surface area contributed by atoms with Gasteiger partial charge in [-0.3, -0.25) is 9.69 Å². The van der Waals surface area contributed by atoms with E-state index in [4.69, 9.17) is 21.1 Å². The number of para-hydroxylation sites is 1. The molecule has 2 aliphatic heterocycles. The highest BCUT2D eigenvalue weighted by Crippen LogP contribution is 2.35. The number of hydrogen-bond acceptors (Lipinski definition) is 6. The van der Waals surface area contributed by atoms with Crippen molar-refractivity contribution in [2.75, 3.05) is 25.1 Å². The Kier molecular flexibility index (Phi) is 6.32. The molecule has 0 unspecified atom stereocenters. The summed E-state index contributed by atoms with van der Waals surface area (Å²) in [5, 5.41) is 5.90. The van der Waals surface area contributed by atoms with Crippen molar-refractivity contribution in [1.82, 2.24) is 10.2 Å². The minimum absolute atomic E-state index is 0.127. The van der Waals surface area contributed by atoms with Gasteiger partial charge < -0.3 is 20.1 Å². The molecule has 0 saturated heterocycles. The van der Waals surface area contributed by atoms with Gasteiger partial charge >= 0.3 is 18.0 Å². The second kappa shape index (κ2) is 9.33. The number of benzene rings is 2. The molecule has 10 heteroatoms. The van der Waals surface area contributed by atoms with Crippen LogP contribution < -0.4 is 10.6 Å². The molecule has 0 radical (unpaired) electrons. The number of carbonyl (C=O) groups is 4. The van der Waals surface area contributed by atoms with E-state index in [1.165, 1.54) is 6.07 Å². The Labute approximate surface area is 194 Å². The zero-order chi connectivity index (χ0) is 23.5. The lowest BCUT2D eigenvalue weighted by atomic mass is 9.96. The van der Waals surface area contributed by atoms with E-state index >= 15 is 0 Å². The van der Waals surface area contributed by atoms with E-state index in [2.05, 4.69) is 10.6 Å². The van der Waals surface area contributed by atoms with Gasteiger partial charge in [-0.15, -0.1) is 0 Å². The highest BCUT2D eigenvalue weighted by atomic mass is 35.5. The van der Waals surface area contributed by atoms with Crippen molar-refractivity contribution in [3.8, 4) is 0 Å². The Morgan fingerprint density at radius 3 is 2.64 bits per heavy atom. The maximum absolute atomic E-state index is 12.9. The van der Waals surface area contributed by atoms with E-state index in [9.17, 15) is 19.2 Å². The number of esters is 2. The third-order valence-corrected chi connectivity index (χ3v) is 5.45. The van der Waals surface area contributed by atoms with E-state index in [1.54, 1.807) is 49.4 Å². The smallest absolute Gasteiger partial charge is 0.340 e. The topological polar surface area (TPSA) is 114 Å². The predicted molar refractivity (Wildman–Crippen MR) is 118 cm³/mol. The molecule has 0 bridgehead atoms. The summed E-state index contributed by atoms with van der Waals surface area (Å²) in [6, 6.07) is 11.9. The van der Waals surface area contributed by atoms with Gasteiger partial charge in [0.05, 0.1) is 35.2 Å². The lowest BCUT2D eigenvalue weighted by molar-refractivity contribution is -0.136. The summed E-state index contributed by atoms with van der Waals surface area (Å²) in [6.45, 7) is 1.36. The molecule has 2 heterocycles. The first kappa shape index (κ1) is 22.3. The normalized spacial score (nSPS) is 17.3. The molecule has 2 aromatic rings. The van der Waals surface area contributed by atoms with Crippen molar-refractivity contribution in [2.24, 2.45) is 0 Å². The van der Waals surface area contributed by atoms with E-state index in [-0.39, 0.29) is 36.6 Å². The van der Waals surface area contributed by atoms with Crippen molar-refractivity contribution >= 4 is 41.2 Å². The number of halogens is 1. The maximum Gasteiger partial charge on any atom is 0.340 e. The molecule has 3 amide bonds. The second-order valence-electron chi connectivity index (χ2n) is 7.27. The Balaban J connectivity index is 1.57. The van der Waals surface area contributed by atoms with Gasteiger partial charge in [0.25, 0.3) is 0 Å². The molecule has 0 spiro atoms. The number of amides is 3. The van der Waals surface area contributed by atoms with Crippen molar-refractivity contribution in [3.05, 3.63) is 76.0 Å². The Morgan fingerprint density at radius 1 is 1.18 bits per heavy atom. The first-order chi connectivity index (χ1) is 15.9. The van der Waals surface area contributed by atoms with Gasteiger partial charge in [0.15, 0.2) is 0 Å². The summed E-state index contributed by atoms with van der Waals surface area (Å²) in [5.41, 5.74) is 1.68. The average molecular weight is 470 g/mol. The van der Waals surface area contributed by atoms with Crippen LogP contribution in [0.15, 0.2) is 59.8 Å². The fourth-order valence-electron chi connectivity index (χ4n) is 3.70. The number of nitrogens with zero attached hydrogens (tertiary/aromatic N) is 1. The quantitative estimate of drug-likeness (QED) is 0.628. The van der Waals surface area contributed by atoms with Crippen LogP contribution in [-0.4, -0.2) is 48.5 Å². The highest BCUT2D eigenvalue weighted by molar-refractivity contribution is 6.30. The number of anilines is 1. The average Bonchev–Trinajstić information content (AvgIpc) is 3.18. The van der Waals surface area contributed by atoms with Crippen molar-refractivity contribution in [1.29, 1.82) is 0 Å². The largest absolute Gasteiger partial charge is 0.462 e. The molecule has 1 atom stereocenters. The molecule has 0 saturated carbocycles. The van der Waals surface area contributed by atoms with Crippen LogP contribution in [0.1, 0.15) is 28.9 Å². The molecule has 9 nitrogen and oxygen atoms in total. The van der Waals surface area contributed by atoms with Crippen molar-refractivity contribution < 1.29 is 28.7 Å². The van der Waals surface area contributed by atoms with Crippen LogP contribution >= 0.6 is 11.6 Å². The third kappa shape index (κ3) is 4.54. The molecule has 170 valence electrons. The van der Waals surface area contributed by atoms with Crippen molar-refractivity contribution in [3.63, 3.8) is 0 Å². The summed E-state index contributed by atoms with van der Waals surface area (Å²) < 4.78 is 10.2. The van der Waals surface area contributed by atoms with Crippen LogP contribution in [0.3, 0.4) is 0 Å². The van der Waals surface area contributed by atoms with E-state index < -0.39 is 29.9 Å². The van der Waals surface area contributed by atoms with Crippen LogP contribution in [0.5, 0.6) is 0 Å². The molecule has 33 heavy (non-hydrogen) atoms. The third-order valence-electron chi connectivity index (χ3n) is 5.20. The number of rotatable bonds is 6. The number of urea groups is 1. The van der Waals surface area contributed by atoms with Crippen LogP contribution in [0.4, 0.5) is 10.5 Å². The van der Waals surface area contributed by atoms with Crippen molar-refractivity contribution in [2.45, 2.75) is 13.0 Å². The lowest BCUT2D eigenvalue weighted by Crippen LogP contribution is -2.49. The number of hydrogen-bond donors (Lipinski definition) is 2. The monoisotopic (exact) mass is 469 g/mol. The summed E-state index contributed by atoms with van der Waals surface area (Å²) in [7, 11) is 0. The van der Waals surface area contributed by atoms with E-state index in [0.29, 0.717) is 16.3 Å². The molecule has 4 rings (SSSR count). The van der Waals surface area contributed by atoms with Gasteiger partial charge in [-0.05, 0) is 36.8 Å². The molecule has 2 aliphatic rings. The molecule has 0 aliphatic carbocycles. The van der Waals surface area contributed by atoms with Gasteiger partial charge in [-0.2, -0.15) is 0 Å². The first-order valence-electron chi connectivity index (χ1n) is 10.2. The molecule has 2 aromatic carbocycles. The Morgan fingerprint density at radius 2 is 1.91 bits per heavy atom. The summed E-state index contributed by atoms with van der Waals surface area (Å²) in [5.74, 6) is -1.70. The molecule has 0 fully saturated rings. The maximum atomic E-state index is 12.9. The van der Waals surface area contributed by atoms with E-state index in [1.807, 2.05) is 0 Å². The van der Waals surface area contributed by atoms with Gasteiger partial charge in [-0.25, -0.2) is 14.4 Å². The van der Waals surface area contributed by atoms with E-state index in [0.717, 1.165) is 4.90 Å². The van der Waals surface area contributed by atoms with Gasteiger partial charge in [0, 0.05) is 5.02 Å². The lowest BCUT2D eigenvalue weighted by Gasteiger charge is -2.32. The summed E-state index contributed by atoms with van der Waals surface area (Å²) in [6.07, 6.45) is 0. The SMILES string of the molecule is CCOC(=O)c1ccccc1NC(=O)CN1C(=O)N[C@@H](c2ccc(Cl)cc2)C2=C1COC2=O. The Hall–Kier alpha value is -3.85. The number of cyclic esters (lactones) is 1. The fourth-order valence-corrected chi connectivity index (χ4v) is 3.82. The zero-order valence-electron chi connectivity index (χ0n) is 17.6. The molecule has 0 aromatic heterocycles. The predicted octanol–water partition coefficient (Wildman–Crippen LogP) is 3.03. The number of nitrogens with one attached hydrogen (secondary N) is 2. The van der Waals surface area contributed by atoms with Crippen LogP contribution in [-0.2, 0) is 19.1 Å². The summed E-state index contributed by atoms with van der Waals surface area (Å²) >= 11 is 5.94. The zero-order valence-corrected chi connectivity index (χ0v) is 18.3. The Bertz CT molecular complexity index is 1160. The number of carbonyl (C=O) groups excluding carboxylic acids is 4. The standard InChI is InChI=1S/C23H20ClN3O6/c1-2-32-21(29)15-5-3-4-6-16(15)25-18(28)11-27-17-12-33-22(30)19(17)20(26-23(27)31)13-7-9-14(24)10-8-13/h3-10,20H,2,11-12H2,1H3,(H,25,28)(H,26,31)/t20-/m0/s1. The van der Waals surface area contributed by atoms with Gasteiger partial charge in [0.2, 0.25) is 5.91 Å². The minimum Gasteiger partial charge on any atom is -0.462 e. The molecular weight excluding hydrogens is 450 g/mol. The minimum atomic E-state index is -0.719. The number of ether oxygens (including phenoxy) is 2. The van der Waals surface area contributed by atoms with Gasteiger partial charge in [-0.1, -0.05) is 35.9 Å². The van der Waals surface area contributed by atoms with Crippen LogP contribution in [0.25, 0.3) is 0 Å². The molecule has 2 N–H and O–H groups in total. The second-order valence-corrected chi connectivity index (χ2v) is 7.71. The fraction of sp³-hybridized carbons (Fsp3) is 0.217. The highest BCUT2D eigenvalue weighted by Gasteiger charge is 2.42. The van der Waals surface area contributed by atoms with Crippen LogP contribution in [0.2, 0.25) is 5.02 Å². The summed E-state index contributed by atoms with van der Waals surface area (Å²) in [4.78, 5) is 51.4. The molecular formula is C23H20ClN3O6. The first-order valence-corrected chi connectivity index (χ1v) is 10.6. The van der Waals surface area contributed by atoms with Gasteiger partial charge in [0.1, 0.15) is 13.2 Å². The van der Waals surface area contributed by atoms with Crippen LogP contribution in [0, 0.1) is 0 Å².